The summed E-state index contributed by atoms with van der Waals surface area (Å²) in [4.78, 5) is 0. The van der Waals surface area contributed by atoms with Crippen molar-refractivity contribution in [1.29, 1.82) is 0 Å². The molecular formula is C8H14N2. The average Bonchev–Trinajstić information content (AvgIpc) is 2.64. The highest BCUT2D eigenvalue weighted by Crippen LogP contribution is 2.26. The molecule has 0 amide bonds. The minimum Gasteiger partial charge on any atom is -0.235 e. The Balaban J connectivity index is 2.32. The first-order valence-electron chi connectivity index (χ1n) is 3.69. The van der Waals surface area contributed by atoms with Crippen LogP contribution in [0.5, 0.6) is 0 Å². The molecule has 1 aliphatic rings. The molecule has 2 heteroatoms. The van der Waals surface area contributed by atoms with Crippen molar-refractivity contribution in [3.63, 3.8) is 0 Å². The summed E-state index contributed by atoms with van der Waals surface area (Å²) in [6.07, 6.45) is 7.03. The monoisotopic (exact) mass is 138 g/mol. The highest BCUT2D eigenvalue weighted by molar-refractivity contribution is 5.00. The molecule has 1 saturated heterocycles. The molecule has 0 aromatic carbocycles. The second-order valence-electron chi connectivity index (χ2n) is 3.08. The van der Waals surface area contributed by atoms with Gasteiger partial charge in [-0.1, -0.05) is 13.8 Å². The largest absolute Gasteiger partial charge is 0.235 e. The quantitative estimate of drug-likeness (QED) is 0.448. The summed E-state index contributed by atoms with van der Waals surface area (Å²) in [7, 11) is 0. The van der Waals surface area contributed by atoms with Crippen LogP contribution in [-0.2, 0) is 0 Å². The molecule has 0 unspecified atom stereocenters. The topological polar surface area (TPSA) is 43.9 Å². The molecule has 0 bridgehead atoms. The molecule has 1 rings (SSSR count). The molecule has 0 saturated carbocycles. The number of rotatable bonds is 3. The number of nitrogens with one attached hydrogen (secondary N) is 2. The van der Waals surface area contributed by atoms with Crippen molar-refractivity contribution in [3.8, 4) is 12.3 Å². The van der Waals surface area contributed by atoms with Crippen LogP contribution in [0.2, 0.25) is 0 Å². The van der Waals surface area contributed by atoms with Gasteiger partial charge in [0.15, 0.2) is 0 Å². The Labute approximate surface area is 62.4 Å². The van der Waals surface area contributed by atoms with Crippen LogP contribution < -0.4 is 10.9 Å². The molecule has 0 spiro atoms. The van der Waals surface area contributed by atoms with Gasteiger partial charge in [-0.3, -0.25) is 0 Å². The zero-order valence-electron chi connectivity index (χ0n) is 6.57. The van der Waals surface area contributed by atoms with Gasteiger partial charge in [0.2, 0.25) is 0 Å². The van der Waals surface area contributed by atoms with E-state index in [0.717, 1.165) is 12.8 Å². The molecule has 56 valence electrons. The van der Waals surface area contributed by atoms with Crippen molar-refractivity contribution in [2.75, 3.05) is 0 Å². The van der Waals surface area contributed by atoms with E-state index >= 15 is 0 Å². The Morgan fingerprint density at radius 2 is 2.10 bits per heavy atom. The van der Waals surface area contributed by atoms with Crippen molar-refractivity contribution >= 4 is 0 Å². The summed E-state index contributed by atoms with van der Waals surface area (Å²) < 4.78 is 0. The van der Waals surface area contributed by atoms with Gasteiger partial charge in [-0.25, -0.2) is 10.9 Å². The van der Waals surface area contributed by atoms with Crippen molar-refractivity contribution in [2.45, 2.75) is 32.4 Å². The zero-order chi connectivity index (χ0) is 7.61. The van der Waals surface area contributed by atoms with E-state index in [2.05, 4.69) is 30.6 Å². The summed E-state index contributed by atoms with van der Waals surface area (Å²) in [6, 6.07) is 0. The molecule has 1 fully saturated rings. The number of terminal acetylenes is 1. The van der Waals surface area contributed by atoms with E-state index in [4.69, 9.17) is 6.42 Å². The van der Waals surface area contributed by atoms with E-state index in [1.54, 1.807) is 0 Å². The molecule has 2 N–H and O–H groups in total. The Morgan fingerprint density at radius 1 is 1.50 bits per heavy atom. The maximum Gasteiger partial charge on any atom is 0.0975 e. The van der Waals surface area contributed by atoms with E-state index in [1.165, 1.54) is 0 Å². The molecule has 0 radical (unpaired) electrons. The van der Waals surface area contributed by atoms with Crippen LogP contribution in [0.3, 0.4) is 0 Å². The van der Waals surface area contributed by atoms with Crippen LogP contribution >= 0.6 is 0 Å². The molecular weight excluding hydrogens is 124 g/mol. The Kier molecular flexibility index (Phi) is 1.98. The van der Waals surface area contributed by atoms with E-state index in [0.29, 0.717) is 5.92 Å². The van der Waals surface area contributed by atoms with Crippen LogP contribution in [0.1, 0.15) is 26.7 Å². The minimum absolute atomic E-state index is 0.159. The van der Waals surface area contributed by atoms with Crippen LogP contribution in [0, 0.1) is 18.3 Å². The van der Waals surface area contributed by atoms with Gasteiger partial charge in [0.1, 0.15) is 0 Å². The Hall–Kier alpha value is -0.520. The summed E-state index contributed by atoms with van der Waals surface area (Å²) in [5, 5.41) is 0. The Morgan fingerprint density at radius 3 is 2.40 bits per heavy atom. The van der Waals surface area contributed by atoms with Crippen molar-refractivity contribution in [3.05, 3.63) is 0 Å². The van der Waals surface area contributed by atoms with Gasteiger partial charge >= 0.3 is 0 Å². The third-order valence-corrected chi connectivity index (χ3v) is 2.10. The maximum absolute atomic E-state index is 5.16. The highest BCUT2D eigenvalue weighted by atomic mass is 15.7. The fourth-order valence-electron chi connectivity index (χ4n) is 1.05. The fourth-order valence-corrected chi connectivity index (χ4v) is 1.05. The first kappa shape index (κ1) is 7.59. The van der Waals surface area contributed by atoms with Gasteiger partial charge in [0.05, 0.1) is 5.66 Å². The van der Waals surface area contributed by atoms with E-state index in [9.17, 15) is 0 Å². The number of hydrogen-bond acceptors (Lipinski definition) is 2. The first-order valence-corrected chi connectivity index (χ1v) is 3.69. The van der Waals surface area contributed by atoms with Gasteiger partial charge in [0.25, 0.3) is 0 Å². The van der Waals surface area contributed by atoms with Crippen LogP contribution in [0.15, 0.2) is 0 Å². The Bertz CT molecular complexity index is 151. The van der Waals surface area contributed by atoms with Gasteiger partial charge in [-0.05, 0) is 12.3 Å². The lowest BCUT2D eigenvalue weighted by atomic mass is 9.96. The van der Waals surface area contributed by atoms with E-state index in [-0.39, 0.29) is 5.66 Å². The molecule has 1 heterocycles. The standard InChI is InChI=1S/C8H14N2/c1-4-5-6-8(7(2)3)9-10-8/h1,7,9-10H,5-6H2,2-3H3. The second kappa shape index (κ2) is 2.61. The SMILES string of the molecule is C#CCCC1(C(C)C)NN1. The van der Waals surface area contributed by atoms with Gasteiger partial charge in [0, 0.05) is 6.42 Å². The second-order valence-corrected chi connectivity index (χ2v) is 3.08. The third kappa shape index (κ3) is 1.31. The van der Waals surface area contributed by atoms with Gasteiger partial charge in [-0.15, -0.1) is 12.3 Å². The smallest absolute Gasteiger partial charge is 0.0975 e. The number of hydrazine groups is 1. The lowest BCUT2D eigenvalue weighted by Gasteiger charge is -2.13. The average molecular weight is 138 g/mol. The number of hydrogen-bond donors (Lipinski definition) is 2. The molecule has 2 nitrogen and oxygen atoms in total. The van der Waals surface area contributed by atoms with Gasteiger partial charge in [-0.2, -0.15) is 0 Å². The first-order chi connectivity index (χ1) is 4.71. The lowest BCUT2D eigenvalue weighted by Crippen LogP contribution is -2.24. The minimum atomic E-state index is 0.159. The molecule has 0 aromatic rings. The normalized spacial score (nSPS) is 20.6. The van der Waals surface area contributed by atoms with Crippen LogP contribution in [-0.4, -0.2) is 5.66 Å². The molecule has 1 aliphatic heterocycles. The van der Waals surface area contributed by atoms with Crippen LogP contribution in [0.4, 0.5) is 0 Å². The van der Waals surface area contributed by atoms with E-state index < -0.39 is 0 Å². The zero-order valence-corrected chi connectivity index (χ0v) is 6.57. The summed E-state index contributed by atoms with van der Waals surface area (Å²) >= 11 is 0. The molecule has 0 aromatic heterocycles. The highest BCUT2D eigenvalue weighted by Gasteiger charge is 2.43. The summed E-state index contributed by atoms with van der Waals surface area (Å²) in [6.45, 7) is 4.37. The van der Waals surface area contributed by atoms with Crippen molar-refractivity contribution < 1.29 is 0 Å². The maximum atomic E-state index is 5.16. The fraction of sp³-hybridized carbons (Fsp3) is 0.750. The summed E-state index contributed by atoms with van der Waals surface area (Å²) in [5.74, 6) is 3.25. The van der Waals surface area contributed by atoms with Crippen molar-refractivity contribution in [1.82, 2.24) is 10.9 Å². The predicted molar refractivity (Wildman–Crippen MR) is 41.9 cm³/mol. The van der Waals surface area contributed by atoms with E-state index in [1.807, 2.05) is 0 Å². The molecule has 0 atom stereocenters. The molecule has 0 aliphatic carbocycles. The van der Waals surface area contributed by atoms with Crippen LogP contribution in [0.25, 0.3) is 0 Å². The third-order valence-electron chi connectivity index (χ3n) is 2.10. The van der Waals surface area contributed by atoms with Crippen molar-refractivity contribution in [2.24, 2.45) is 5.92 Å². The lowest BCUT2D eigenvalue weighted by molar-refractivity contribution is 0.414. The van der Waals surface area contributed by atoms with Gasteiger partial charge < -0.3 is 0 Å². The predicted octanol–water partition coefficient (Wildman–Crippen LogP) is 0.860. The summed E-state index contributed by atoms with van der Waals surface area (Å²) in [5.41, 5.74) is 6.43. The molecule has 10 heavy (non-hydrogen) atoms.